The highest BCUT2D eigenvalue weighted by atomic mass is 31.2. The van der Waals surface area contributed by atoms with Crippen LogP contribution in [0.1, 0.15) is 5.56 Å². The molecule has 0 aliphatic carbocycles. The minimum absolute atomic E-state index is 0.0197. The SMILES string of the molecule is C=CP(=O)(ONc1cncnc1)Oc1cc(C)c(O)c(OC)c1. The van der Waals surface area contributed by atoms with E-state index in [4.69, 9.17) is 13.9 Å². The maximum Gasteiger partial charge on any atom is 0.424 e. The lowest BCUT2D eigenvalue weighted by atomic mass is 10.2. The average Bonchev–Trinajstić information content (AvgIpc) is 2.57. The average molecular weight is 337 g/mol. The third-order valence-electron chi connectivity index (χ3n) is 2.77. The number of phenols is 1. The number of nitrogens with zero attached hydrogens (tertiary/aromatic N) is 2. The van der Waals surface area contributed by atoms with E-state index in [1.54, 1.807) is 6.92 Å². The Bertz CT molecular complexity index is 739. The molecule has 0 saturated carbocycles. The summed E-state index contributed by atoms with van der Waals surface area (Å²) in [5.74, 6) is 1.43. The topological polar surface area (TPSA) is 103 Å². The minimum Gasteiger partial charge on any atom is -0.504 e. The van der Waals surface area contributed by atoms with Gasteiger partial charge in [0, 0.05) is 11.9 Å². The van der Waals surface area contributed by atoms with Gasteiger partial charge in [0.25, 0.3) is 0 Å². The summed E-state index contributed by atoms with van der Waals surface area (Å²) >= 11 is 0. The predicted molar refractivity (Wildman–Crippen MR) is 84.6 cm³/mol. The zero-order valence-electron chi connectivity index (χ0n) is 12.6. The maximum atomic E-state index is 12.6. The molecule has 1 heterocycles. The molecule has 0 spiro atoms. The van der Waals surface area contributed by atoms with Crippen molar-refractivity contribution in [2.45, 2.75) is 6.92 Å². The van der Waals surface area contributed by atoms with Crippen LogP contribution in [0.5, 0.6) is 17.2 Å². The van der Waals surface area contributed by atoms with E-state index in [2.05, 4.69) is 22.0 Å². The first-order valence-electron chi connectivity index (χ1n) is 6.47. The first-order valence-corrected chi connectivity index (χ1v) is 8.09. The fraction of sp³-hybridized carbons (Fsp3) is 0.143. The first-order chi connectivity index (χ1) is 11.0. The maximum absolute atomic E-state index is 12.6. The molecule has 2 N–H and O–H groups in total. The lowest BCUT2D eigenvalue weighted by molar-refractivity contribution is 0.325. The summed E-state index contributed by atoms with van der Waals surface area (Å²) in [6.45, 7) is 5.12. The Balaban J connectivity index is 2.16. The van der Waals surface area contributed by atoms with Gasteiger partial charge in [-0.1, -0.05) is 6.58 Å². The van der Waals surface area contributed by atoms with Crippen molar-refractivity contribution >= 4 is 13.3 Å². The third-order valence-corrected chi connectivity index (χ3v) is 4.02. The summed E-state index contributed by atoms with van der Waals surface area (Å²) in [7, 11) is -2.29. The number of aromatic nitrogens is 2. The van der Waals surface area contributed by atoms with Crippen molar-refractivity contribution in [1.29, 1.82) is 0 Å². The monoisotopic (exact) mass is 337 g/mol. The number of aromatic hydroxyl groups is 1. The van der Waals surface area contributed by atoms with Crippen LogP contribution in [-0.4, -0.2) is 22.2 Å². The van der Waals surface area contributed by atoms with Gasteiger partial charge in [-0.25, -0.2) is 14.5 Å². The number of aryl methyl sites for hydroxylation is 1. The normalized spacial score (nSPS) is 13.0. The van der Waals surface area contributed by atoms with E-state index in [0.29, 0.717) is 11.3 Å². The van der Waals surface area contributed by atoms with Crippen LogP contribution in [-0.2, 0) is 9.19 Å². The van der Waals surface area contributed by atoms with E-state index in [9.17, 15) is 9.67 Å². The highest BCUT2D eigenvalue weighted by Gasteiger charge is 2.24. The van der Waals surface area contributed by atoms with Gasteiger partial charge in [0.15, 0.2) is 11.5 Å². The number of rotatable bonds is 7. The molecule has 1 aromatic carbocycles. The Labute approximate surface area is 133 Å². The highest BCUT2D eigenvalue weighted by Crippen LogP contribution is 2.50. The molecule has 0 radical (unpaired) electrons. The molecule has 0 fully saturated rings. The van der Waals surface area contributed by atoms with Crippen molar-refractivity contribution in [2.24, 2.45) is 0 Å². The first kappa shape index (κ1) is 16.8. The Hall–Kier alpha value is -2.57. The van der Waals surface area contributed by atoms with Gasteiger partial charge in [-0.15, -0.1) is 0 Å². The van der Waals surface area contributed by atoms with E-state index < -0.39 is 7.60 Å². The number of hydrogen-bond donors (Lipinski definition) is 2. The van der Waals surface area contributed by atoms with E-state index in [1.165, 1.54) is 38.0 Å². The molecule has 23 heavy (non-hydrogen) atoms. The number of benzene rings is 1. The predicted octanol–water partition coefficient (Wildman–Crippen LogP) is 3.26. The largest absolute Gasteiger partial charge is 0.504 e. The second kappa shape index (κ2) is 7.13. The number of anilines is 1. The standard InChI is InChI=1S/C14H16N3O5P/c1-4-23(19,22-17-11-7-15-9-16-8-11)21-12-5-10(2)14(18)13(6-12)20-3/h4-9,17-18H,1H2,2-3H3. The summed E-state index contributed by atoms with van der Waals surface area (Å²) in [4.78, 5) is 7.57. The van der Waals surface area contributed by atoms with Crippen LogP contribution in [0, 0.1) is 6.92 Å². The zero-order valence-corrected chi connectivity index (χ0v) is 13.5. The summed E-state index contributed by atoms with van der Waals surface area (Å²) < 4.78 is 28.0. The van der Waals surface area contributed by atoms with Crippen LogP contribution in [0.2, 0.25) is 0 Å². The summed E-state index contributed by atoms with van der Waals surface area (Å²) in [6, 6.07) is 2.90. The number of phenolic OH excluding ortho intramolecular Hbond substituents is 1. The van der Waals surface area contributed by atoms with Gasteiger partial charge in [-0.3, -0.25) is 5.48 Å². The second-order valence-electron chi connectivity index (χ2n) is 4.43. The fourth-order valence-electron chi connectivity index (χ4n) is 1.63. The highest BCUT2D eigenvalue weighted by molar-refractivity contribution is 7.57. The molecular formula is C14H16N3O5P. The second-order valence-corrected chi connectivity index (χ2v) is 6.24. The zero-order chi connectivity index (χ0) is 16.9. The van der Waals surface area contributed by atoms with Crippen LogP contribution in [0.25, 0.3) is 0 Å². The van der Waals surface area contributed by atoms with Gasteiger partial charge < -0.3 is 14.4 Å². The summed E-state index contributed by atoms with van der Waals surface area (Å²) in [5.41, 5.74) is 3.35. The van der Waals surface area contributed by atoms with Crippen LogP contribution in [0.3, 0.4) is 0 Å². The van der Waals surface area contributed by atoms with Crippen molar-refractivity contribution in [3.8, 4) is 17.2 Å². The molecule has 0 amide bonds. The van der Waals surface area contributed by atoms with Gasteiger partial charge in [-0.2, -0.15) is 4.62 Å². The number of ether oxygens (including phenoxy) is 1. The molecule has 8 nitrogen and oxygen atoms in total. The van der Waals surface area contributed by atoms with E-state index >= 15 is 0 Å². The van der Waals surface area contributed by atoms with Crippen LogP contribution >= 0.6 is 7.60 Å². The number of nitrogens with one attached hydrogen (secondary N) is 1. The van der Waals surface area contributed by atoms with Crippen molar-refractivity contribution in [3.05, 3.63) is 48.8 Å². The summed E-state index contributed by atoms with van der Waals surface area (Å²) in [5, 5.41) is 9.80. The van der Waals surface area contributed by atoms with Crippen LogP contribution in [0.15, 0.2) is 43.2 Å². The minimum atomic E-state index is -3.69. The molecule has 0 aliphatic heterocycles. The van der Waals surface area contributed by atoms with E-state index in [0.717, 1.165) is 5.82 Å². The molecule has 1 unspecified atom stereocenters. The summed E-state index contributed by atoms with van der Waals surface area (Å²) in [6.07, 6.45) is 4.22. The lowest BCUT2D eigenvalue weighted by Crippen LogP contribution is -2.03. The van der Waals surface area contributed by atoms with Crippen LogP contribution < -0.4 is 14.7 Å². The van der Waals surface area contributed by atoms with Crippen molar-refractivity contribution < 1.29 is 23.6 Å². The molecule has 0 aliphatic rings. The molecule has 9 heteroatoms. The van der Waals surface area contributed by atoms with Gasteiger partial charge in [0.1, 0.15) is 12.1 Å². The van der Waals surface area contributed by atoms with E-state index in [1.807, 2.05) is 0 Å². The third kappa shape index (κ3) is 4.21. The molecule has 1 atom stereocenters. The quantitative estimate of drug-likeness (QED) is 0.586. The van der Waals surface area contributed by atoms with Gasteiger partial charge >= 0.3 is 7.60 Å². The van der Waals surface area contributed by atoms with Crippen molar-refractivity contribution in [1.82, 2.24) is 9.97 Å². The molecular weight excluding hydrogens is 321 g/mol. The number of hydrogen-bond acceptors (Lipinski definition) is 8. The Morgan fingerprint density at radius 1 is 1.35 bits per heavy atom. The molecule has 2 aromatic rings. The number of methoxy groups -OCH3 is 1. The Morgan fingerprint density at radius 3 is 2.65 bits per heavy atom. The van der Waals surface area contributed by atoms with Gasteiger partial charge in [0.2, 0.25) is 0 Å². The molecule has 0 saturated heterocycles. The van der Waals surface area contributed by atoms with Gasteiger partial charge in [0.05, 0.1) is 25.2 Å². The van der Waals surface area contributed by atoms with Crippen molar-refractivity contribution in [3.63, 3.8) is 0 Å². The molecule has 1 aromatic heterocycles. The molecule has 2 rings (SSSR count). The fourth-order valence-corrected chi connectivity index (χ4v) is 2.45. The molecule has 0 bridgehead atoms. The lowest BCUT2D eigenvalue weighted by Gasteiger charge is -2.17. The smallest absolute Gasteiger partial charge is 0.424 e. The van der Waals surface area contributed by atoms with Gasteiger partial charge in [-0.05, 0) is 18.6 Å². The van der Waals surface area contributed by atoms with E-state index in [-0.39, 0.29) is 17.2 Å². The Morgan fingerprint density at radius 2 is 2.04 bits per heavy atom. The van der Waals surface area contributed by atoms with Crippen LogP contribution in [0.4, 0.5) is 5.69 Å². The molecule has 122 valence electrons. The van der Waals surface area contributed by atoms with Crippen molar-refractivity contribution in [2.75, 3.05) is 12.6 Å². The Kier molecular flexibility index (Phi) is 5.20.